The molecule has 0 aromatic carbocycles. The Labute approximate surface area is 123 Å². The van der Waals surface area contributed by atoms with E-state index < -0.39 is 0 Å². The molecule has 1 aromatic rings. The van der Waals surface area contributed by atoms with Gasteiger partial charge < -0.3 is 10.2 Å². The average Bonchev–Trinajstić information content (AvgIpc) is 2.89. The number of rotatable bonds is 9. The standard InChI is InChI=1S/C15H31N5/c1-7-10-16-13(15(4,8-2)19(5)6)11-14-17-12-18-20(14)9-3/h12-13,16H,7-11H2,1-6H3. The highest BCUT2D eigenvalue weighted by molar-refractivity contribution is 5.01. The van der Waals surface area contributed by atoms with Crippen LogP contribution >= 0.6 is 0 Å². The molecular weight excluding hydrogens is 250 g/mol. The van der Waals surface area contributed by atoms with Crippen LogP contribution in [0.3, 0.4) is 0 Å². The highest BCUT2D eigenvalue weighted by Gasteiger charge is 2.35. The lowest BCUT2D eigenvalue weighted by Gasteiger charge is -2.43. The quantitative estimate of drug-likeness (QED) is 0.751. The van der Waals surface area contributed by atoms with Gasteiger partial charge in [0.1, 0.15) is 12.2 Å². The van der Waals surface area contributed by atoms with E-state index in [2.05, 4.69) is 62.1 Å². The Morgan fingerprint density at radius 1 is 1.35 bits per heavy atom. The number of hydrogen-bond acceptors (Lipinski definition) is 4. The van der Waals surface area contributed by atoms with Crippen molar-refractivity contribution in [2.75, 3.05) is 20.6 Å². The molecule has 1 heterocycles. The minimum absolute atomic E-state index is 0.111. The SMILES string of the molecule is CCCNC(Cc1ncnn1CC)C(C)(CC)N(C)C. The number of aromatic nitrogens is 3. The second-order valence-electron chi connectivity index (χ2n) is 5.81. The van der Waals surface area contributed by atoms with Gasteiger partial charge in [0.15, 0.2) is 0 Å². The highest BCUT2D eigenvalue weighted by atomic mass is 15.3. The van der Waals surface area contributed by atoms with Gasteiger partial charge in [-0.1, -0.05) is 13.8 Å². The molecule has 0 aliphatic carbocycles. The number of hydrogen-bond donors (Lipinski definition) is 1. The molecule has 2 atom stereocenters. The van der Waals surface area contributed by atoms with Crippen LogP contribution in [-0.2, 0) is 13.0 Å². The summed E-state index contributed by atoms with van der Waals surface area (Å²) in [6, 6.07) is 0.372. The molecule has 0 amide bonds. The van der Waals surface area contributed by atoms with Crippen molar-refractivity contribution in [2.45, 2.75) is 65.1 Å². The van der Waals surface area contributed by atoms with E-state index in [0.29, 0.717) is 6.04 Å². The average molecular weight is 281 g/mol. The van der Waals surface area contributed by atoms with Crippen LogP contribution in [0.4, 0.5) is 0 Å². The van der Waals surface area contributed by atoms with Crippen LogP contribution in [0.2, 0.25) is 0 Å². The van der Waals surface area contributed by atoms with Gasteiger partial charge in [0, 0.05) is 24.5 Å². The third-order valence-corrected chi connectivity index (χ3v) is 4.51. The van der Waals surface area contributed by atoms with Crippen molar-refractivity contribution in [1.29, 1.82) is 0 Å². The Kier molecular flexibility index (Phi) is 6.62. The second-order valence-corrected chi connectivity index (χ2v) is 5.81. The first-order chi connectivity index (χ1) is 9.49. The molecule has 1 aromatic heterocycles. The Hall–Kier alpha value is -0.940. The molecule has 0 bridgehead atoms. The summed E-state index contributed by atoms with van der Waals surface area (Å²) in [5.74, 6) is 1.07. The van der Waals surface area contributed by atoms with Crippen LogP contribution in [-0.4, -0.2) is 51.9 Å². The Balaban J connectivity index is 2.94. The molecule has 5 heteroatoms. The number of likely N-dealkylation sites (N-methyl/N-ethyl adjacent to an activating group) is 1. The van der Waals surface area contributed by atoms with Crippen molar-refractivity contribution in [2.24, 2.45) is 0 Å². The van der Waals surface area contributed by atoms with Crippen molar-refractivity contribution in [3.8, 4) is 0 Å². The summed E-state index contributed by atoms with van der Waals surface area (Å²) >= 11 is 0. The Morgan fingerprint density at radius 2 is 2.05 bits per heavy atom. The van der Waals surface area contributed by atoms with E-state index in [1.165, 1.54) is 0 Å². The van der Waals surface area contributed by atoms with Crippen LogP contribution < -0.4 is 5.32 Å². The molecular formula is C15H31N5. The normalized spacial score (nSPS) is 16.4. The molecule has 0 saturated carbocycles. The van der Waals surface area contributed by atoms with E-state index in [-0.39, 0.29) is 5.54 Å². The summed E-state index contributed by atoms with van der Waals surface area (Å²) in [5, 5.41) is 7.99. The zero-order valence-corrected chi connectivity index (χ0v) is 14.0. The molecule has 116 valence electrons. The van der Waals surface area contributed by atoms with Gasteiger partial charge in [0.05, 0.1) is 0 Å². The van der Waals surface area contributed by atoms with E-state index in [0.717, 1.165) is 38.2 Å². The Morgan fingerprint density at radius 3 is 2.55 bits per heavy atom. The van der Waals surface area contributed by atoms with Gasteiger partial charge in [-0.2, -0.15) is 5.10 Å². The van der Waals surface area contributed by atoms with E-state index in [1.807, 2.05) is 4.68 Å². The van der Waals surface area contributed by atoms with Crippen molar-refractivity contribution in [3.05, 3.63) is 12.2 Å². The fourth-order valence-electron chi connectivity index (χ4n) is 2.60. The summed E-state index contributed by atoms with van der Waals surface area (Å²) < 4.78 is 1.99. The summed E-state index contributed by atoms with van der Waals surface area (Å²) in [5.41, 5.74) is 0.111. The first-order valence-corrected chi connectivity index (χ1v) is 7.77. The van der Waals surface area contributed by atoms with Crippen molar-refractivity contribution in [1.82, 2.24) is 25.0 Å². The van der Waals surface area contributed by atoms with Crippen LogP contribution in [0, 0.1) is 0 Å². The number of aryl methyl sites for hydroxylation is 1. The van der Waals surface area contributed by atoms with Gasteiger partial charge in [-0.15, -0.1) is 0 Å². The van der Waals surface area contributed by atoms with E-state index in [1.54, 1.807) is 6.33 Å². The maximum Gasteiger partial charge on any atom is 0.138 e. The topological polar surface area (TPSA) is 46.0 Å². The van der Waals surface area contributed by atoms with Crippen LogP contribution in [0.1, 0.15) is 46.4 Å². The largest absolute Gasteiger partial charge is 0.312 e. The Bertz CT molecular complexity index is 387. The summed E-state index contributed by atoms with van der Waals surface area (Å²) in [7, 11) is 4.32. The first kappa shape index (κ1) is 17.1. The number of nitrogens with zero attached hydrogens (tertiary/aromatic N) is 4. The molecule has 0 saturated heterocycles. The maximum atomic E-state index is 4.44. The lowest BCUT2D eigenvalue weighted by Crippen LogP contribution is -2.58. The zero-order valence-electron chi connectivity index (χ0n) is 14.0. The molecule has 1 N–H and O–H groups in total. The molecule has 20 heavy (non-hydrogen) atoms. The van der Waals surface area contributed by atoms with Crippen LogP contribution in [0.5, 0.6) is 0 Å². The minimum atomic E-state index is 0.111. The van der Waals surface area contributed by atoms with E-state index in [4.69, 9.17) is 0 Å². The van der Waals surface area contributed by atoms with Gasteiger partial charge in [-0.3, -0.25) is 4.68 Å². The fourth-order valence-corrected chi connectivity index (χ4v) is 2.60. The molecule has 1 rings (SSSR count). The van der Waals surface area contributed by atoms with Crippen LogP contribution in [0.15, 0.2) is 6.33 Å². The van der Waals surface area contributed by atoms with Crippen LogP contribution in [0.25, 0.3) is 0 Å². The fraction of sp³-hybridized carbons (Fsp3) is 0.867. The van der Waals surface area contributed by atoms with Crippen molar-refractivity contribution in [3.63, 3.8) is 0 Å². The predicted octanol–water partition coefficient (Wildman–Crippen LogP) is 1.94. The first-order valence-electron chi connectivity index (χ1n) is 7.77. The van der Waals surface area contributed by atoms with E-state index >= 15 is 0 Å². The highest BCUT2D eigenvalue weighted by Crippen LogP contribution is 2.23. The summed E-state index contributed by atoms with van der Waals surface area (Å²) in [6.07, 6.45) is 4.82. The lowest BCUT2D eigenvalue weighted by atomic mass is 9.85. The molecule has 0 radical (unpaired) electrons. The monoisotopic (exact) mass is 281 g/mol. The van der Waals surface area contributed by atoms with Gasteiger partial charge in [-0.05, 0) is 47.3 Å². The van der Waals surface area contributed by atoms with Gasteiger partial charge >= 0.3 is 0 Å². The minimum Gasteiger partial charge on any atom is -0.312 e. The van der Waals surface area contributed by atoms with Crippen molar-refractivity contribution >= 4 is 0 Å². The summed E-state index contributed by atoms with van der Waals surface area (Å²) in [6.45, 7) is 10.8. The molecule has 0 aliphatic heterocycles. The van der Waals surface area contributed by atoms with E-state index in [9.17, 15) is 0 Å². The zero-order chi connectivity index (χ0) is 15.2. The van der Waals surface area contributed by atoms with Gasteiger partial charge in [-0.25, -0.2) is 4.98 Å². The maximum absolute atomic E-state index is 4.44. The van der Waals surface area contributed by atoms with Crippen molar-refractivity contribution < 1.29 is 0 Å². The predicted molar refractivity (Wildman–Crippen MR) is 83.9 cm³/mol. The third-order valence-electron chi connectivity index (χ3n) is 4.51. The smallest absolute Gasteiger partial charge is 0.138 e. The van der Waals surface area contributed by atoms with Gasteiger partial charge in [0.25, 0.3) is 0 Å². The summed E-state index contributed by atoms with van der Waals surface area (Å²) in [4.78, 5) is 6.76. The molecule has 0 spiro atoms. The third kappa shape index (κ3) is 3.79. The van der Waals surface area contributed by atoms with Gasteiger partial charge in [0.2, 0.25) is 0 Å². The molecule has 0 aliphatic rings. The molecule has 0 fully saturated rings. The second kappa shape index (κ2) is 7.74. The number of nitrogens with one attached hydrogen (secondary N) is 1. The lowest BCUT2D eigenvalue weighted by molar-refractivity contribution is 0.111. The molecule has 2 unspecified atom stereocenters. The molecule has 5 nitrogen and oxygen atoms in total.